The Morgan fingerprint density at radius 3 is 2.69 bits per heavy atom. The number of para-hydroxylation sites is 1. The van der Waals surface area contributed by atoms with Crippen LogP contribution in [-0.2, 0) is 14.9 Å². The first-order valence-electron chi connectivity index (χ1n) is 5.46. The molecule has 4 heteroatoms. The van der Waals surface area contributed by atoms with Gasteiger partial charge in [-0.05, 0) is 24.5 Å². The lowest BCUT2D eigenvalue weighted by Crippen LogP contribution is -2.43. The van der Waals surface area contributed by atoms with Crippen LogP contribution in [0.2, 0.25) is 0 Å². The van der Waals surface area contributed by atoms with Gasteiger partial charge in [-0.2, -0.15) is 5.06 Å². The monoisotopic (exact) mass is 219 g/mol. The van der Waals surface area contributed by atoms with Crippen LogP contribution in [-0.4, -0.2) is 24.3 Å². The first kappa shape index (κ1) is 9.81. The fraction of sp³-hybridized carbons (Fsp3) is 0.417. The molecule has 1 saturated heterocycles. The third-order valence-electron chi connectivity index (χ3n) is 3.60. The van der Waals surface area contributed by atoms with E-state index in [0.717, 1.165) is 10.6 Å². The smallest absolute Gasteiger partial charge is 0.261 e. The van der Waals surface area contributed by atoms with E-state index in [9.17, 15) is 10.0 Å². The van der Waals surface area contributed by atoms with E-state index < -0.39 is 5.41 Å². The van der Waals surface area contributed by atoms with E-state index >= 15 is 0 Å². The number of rotatable bonds is 0. The van der Waals surface area contributed by atoms with E-state index in [4.69, 9.17) is 4.74 Å². The largest absolute Gasteiger partial charge is 0.381 e. The summed E-state index contributed by atoms with van der Waals surface area (Å²) in [5.41, 5.74) is 1.00. The van der Waals surface area contributed by atoms with Crippen LogP contribution in [0, 0.1) is 0 Å². The van der Waals surface area contributed by atoms with Gasteiger partial charge in [0.05, 0.1) is 11.1 Å². The Morgan fingerprint density at radius 2 is 1.94 bits per heavy atom. The average Bonchev–Trinajstić information content (AvgIpc) is 2.55. The summed E-state index contributed by atoms with van der Waals surface area (Å²) >= 11 is 0. The normalized spacial score (nSPS) is 22.6. The van der Waals surface area contributed by atoms with Crippen molar-refractivity contribution in [2.24, 2.45) is 0 Å². The molecule has 0 bridgehead atoms. The van der Waals surface area contributed by atoms with Crippen molar-refractivity contribution in [3.8, 4) is 0 Å². The molecule has 1 aromatic carbocycles. The average molecular weight is 219 g/mol. The van der Waals surface area contributed by atoms with Crippen LogP contribution < -0.4 is 5.06 Å². The van der Waals surface area contributed by atoms with Gasteiger partial charge in [0.1, 0.15) is 0 Å². The topological polar surface area (TPSA) is 49.8 Å². The van der Waals surface area contributed by atoms with Gasteiger partial charge in [-0.25, -0.2) is 0 Å². The Hall–Kier alpha value is -1.39. The quantitative estimate of drug-likeness (QED) is 0.672. The molecule has 0 radical (unpaired) electrons. The Morgan fingerprint density at radius 1 is 1.25 bits per heavy atom. The third kappa shape index (κ3) is 1.08. The van der Waals surface area contributed by atoms with Crippen LogP contribution in [0.5, 0.6) is 0 Å². The van der Waals surface area contributed by atoms with E-state index in [2.05, 4.69) is 0 Å². The Balaban J connectivity index is 2.16. The van der Waals surface area contributed by atoms with E-state index in [1.54, 1.807) is 6.07 Å². The second kappa shape index (κ2) is 3.30. The Bertz CT molecular complexity index is 438. The molecule has 0 saturated carbocycles. The molecule has 1 amide bonds. The predicted molar refractivity (Wildman–Crippen MR) is 57.4 cm³/mol. The van der Waals surface area contributed by atoms with Crippen molar-refractivity contribution in [2.75, 3.05) is 18.3 Å². The summed E-state index contributed by atoms with van der Waals surface area (Å²) in [6.45, 7) is 1.15. The number of carbonyl (C=O) groups is 1. The molecule has 4 nitrogen and oxygen atoms in total. The lowest BCUT2D eigenvalue weighted by atomic mass is 9.75. The first-order valence-corrected chi connectivity index (χ1v) is 5.46. The lowest BCUT2D eigenvalue weighted by Gasteiger charge is -2.31. The predicted octanol–water partition coefficient (Wildman–Crippen LogP) is 1.47. The van der Waals surface area contributed by atoms with Crippen LogP contribution in [0.25, 0.3) is 0 Å². The Kier molecular flexibility index (Phi) is 2.02. The summed E-state index contributed by atoms with van der Waals surface area (Å²) in [6.07, 6.45) is 1.31. The highest BCUT2D eigenvalue weighted by Gasteiger charge is 2.51. The molecular formula is C12H13NO3. The summed E-state index contributed by atoms with van der Waals surface area (Å²) < 4.78 is 5.30. The van der Waals surface area contributed by atoms with Crippen molar-refractivity contribution in [1.82, 2.24) is 0 Å². The van der Waals surface area contributed by atoms with Gasteiger partial charge in [0, 0.05) is 13.2 Å². The highest BCUT2D eigenvalue weighted by molar-refractivity contribution is 6.06. The Labute approximate surface area is 93.4 Å². The van der Waals surface area contributed by atoms with Gasteiger partial charge in [-0.3, -0.25) is 10.0 Å². The minimum atomic E-state index is -0.552. The maximum atomic E-state index is 12.2. The minimum Gasteiger partial charge on any atom is -0.381 e. The number of hydroxylamine groups is 1. The van der Waals surface area contributed by atoms with E-state index in [0.29, 0.717) is 31.7 Å². The molecule has 2 aliphatic rings. The zero-order valence-electron chi connectivity index (χ0n) is 8.85. The van der Waals surface area contributed by atoms with Gasteiger partial charge < -0.3 is 4.74 Å². The molecule has 84 valence electrons. The molecule has 1 aromatic rings. The summed E-state index contributed by atoms with van der Waals surface area (Å²) in [5, 5.41) is 10.6. The minimum absolute atomic E-state index is 0.211. The van der Waals surface area contributed by atoms with Crippen molar-refractivity contribution in [3.63, 3.8) is 0 Å². The van der Waals surface area contributed by atoms with Crippen LogP contribution in [0.3, 0.4) is 0 Å². The van der Waals surface area contributed by atoms with Crippen LogP contribution in [0.4, 0.5) is 5.69 Å². The first-order chi connectivity index (χ1) is 7.76. The van der Waals surface area contributed by atoms with E-state index in [1.165, 1.54) is 0 Å². The van der Waals surface area contributed by atoms with E-state index in [1.807, 2.05) is 18.2 Å². The summed E-state index contributed by atoms with van der Waals surface area (Å²) in [4.78, 5) is 12.2. The molecule has 1 N–H and O–H groups in total. The van der Waals surface area contributed by atoms with Crippen molar-refractivity contribution < 1.29 is 14.7 Å². The number of ether oxygens (including phenoxy) is 1. The highest BCUT2D eigenvalue weighted by Crippen LogP contribution is 2.46. The van der Waals surface area contributed by atoms with Crippen LogP contribution >= 0.6 is 0 Å². The van der Waals surface area contributed by atoms with Crippen molar-refractivity contribution in [1.29, 1.82) is 0 Å². The molecule has 1 spiro atoms. The zero-order chi connectivity index (χ0) is 11.2. The molecular weight excluding hydrogens is 206 g/mol. The van der Waals surface area contributed by atoms with Crippen LogP contribution in [0.15, 0.2) is 24.3 Å². The number of fused-ring (bicyclic) bond motifs is 2. The fourth-order valence-corrected chi connectivity index (χ4v) is 2.69. The van der Waals surface area contributed by atoms with Crippen molar-refractivity contribution >= 4 is 11.6 Å². The van der Waals surface area contributed by atoms with E-state index in [-0.39, 0.29) is 5.91 Å². The molecule has 16 heavy (non-hydrogen) atoms. The summed E-state index contributed by atoms with van der Waals surface area (Å²) in [5.74, 6) is -0.211. The molecule has 1 fully saturated rings. The fourth-order valence-electron chi connectivity index (χ4n) is 2.69. The third-order valence-corrected chi connectivity index (χ3v) is 3.60. The molecule has 2 aliphatic heterocycles. The molecule has 2 heterocycles. The van der Waals surface area contributed by atoms with Gasteiger partial charge >= 0.3 is 0 Å². The number of hydrogen-bond donors (Lipinski definition) is 1. The standard InChI is InChI=1S/C12H13NO3/c14-11-12(5-7-16-8-6-12)9-3-1-2-4-10(9)13(11)15/h1-4,15H,5-8H2. The zero-order valence-corrected chi connectivity index (χ0v) is 8.85. The summed E-state index contributed by atoms with van der Waals surface area (Å²) in [6, 6.07) is 7.43. The van der Waals surface area contributed by atoms with Gasteiger partial charge in [0.15, 0.2) is 0 Å². The molecule has 0 atom stereocenters. The second-order valence-corrected chi connectivity index (χ2v) is 4.33. The SMILES string of the molecule is O=C1N(O)c2ccccc2C12CCOCC2. The van der Waals surface area contributed by atoms with Gasteiger partial charge in [0.2, 0.25) is 0 Å². The maximum Gasteiger partial charge on any atom is 0.261 e. The van der Waals surface area contributed by atoms with Gasteiger partial charge in [-0.1, -0.05) is 18.2 Å². The van der Waals surface area contributed by atoms with Crippen molar-refractivity contribution in [3.05, 3.63) is 29.8 Å². The van der Waals surface area contributed by atoms with Crippen LogP contribution in [0.1, 0.15) is 18.4 Å². The number of anilines is 1. The number of amides is 1. The number of hydrogen-bond acceptors (Lipinski definition) is 3. The number of benzene rings is 1. The molecule has 0 aromatic heterocycles. The van der Waals surface area contributed by atoms with Crippen molar-refractivity contribution in [2.45, 2.75) is 18.3 Å². The molecule has 3 rings (SSSR count). The highest BCUT2D eigenvalue weighted by atomic mass is 16.5. The van der Waals surface area contributed by atoms with Gasteiger partial charge in [0.25, 0.3) is 5.91 Å². The maximum absolute atomic E-state index is 12.2. The number of nitrogens with zero attached hydrogens (tertiary/aromatic N) is 1. The summed E-state index contributed by atoms with van der Waals surface area (Å²) in [7, 11) is 0. The molecule has 0 unspecified atom stereocenters. The number of carbonyl (C=O) groups excluding carboxylic acids is 1. The molecule has 0 aliphatic carbocycles. The lowest BCUT2D eigenvalue weighted by molar-refractivity contribution is -0.131. The van der Waals surface area contributed by atoms with Gasteiger partial charge in [-0.15, -0.1) is 0 Å². The second-order valence-electron chi connectivity index (χ2n) is 4.33.